The van der Waals surface area contributed by atoms with Crippen LogP contribution >= 0.6 is 12.0 Å². The maximum Gasteiger partial charge on any atom is 0.223 e. The molecule has 0 aromatic carbocycles. The minimum atomic E-state index is 0.205. The van der Waals surface area contributed by atoms with Crippen LogP contribution in [-0.4, -0.2) is 17.9 Å². The van der Waals surface area contributed by atoms with Gasteiger partial charge in [-0.3, -0.25) is 4.79 Å². The van der Waals surface area contributed by atoms with Crippen LogP contribution in [0, 0.1) is 11.8 Å². The van der Waals surface area contributed by atoms with Gasteiger partial charge < -0.3 is 9.50 Å². The monoisotopic (exact) mass is 259 g/mol. The first-order valence-corrected chi connectivity index (χ1v) is 7.60. The van der Waals surface area contributed by atoms with E-state index in [0.717, 1.165) is 18.8 Å². The van der Waals surface area contributed by atoms with E-state index in [0.29, 0.717) is 5.88 Å². The summed E-state index contributed by atoms with van der Waals surface area (Å²) in [6.07, 6.45) is 6.00. The van der Waals surface area contributed by atoms with Crippen LogP contribution in [0.4, 0.5) is 0 Å². The molecule has 0 aromatic rings. The average molecular weight is 259 g/mol. The Morgan fingerprint density at radius 3 is 2.53 bits per heavy atom. The quantitative estimate of drug-likeness (QED) is 0.451. The van der Waals surface area contributed by atoms with Crippen molar-refractivity contribution in [1.82, 2.24) is 5.32 Å². The van der Waals surface area contributed by atoms with E-state index in [9.17, 15) is 4.79 Å². The summed E-state index contributed by atoms with van der Waals surface area (Å²) in [5, 5.41) is 2.94. The van der Waals surface area contributed by atoms with Gasteiger partial charge in [0.15, 0.2) is 0 Å². The highest BCUT2D eigenvalue weighted by molar-refractivity contribution is 7.94. The molecule has 0 heterocycles. The largest absolute Gasteiger partial charge is 0.345 e. The average Bonchev–Trinajstić information content (AvgIpc) is 2.34. The smallest absolute Gasteiger partial charge is 0.223 e. The number of nitrogens with one attached hydrogen (secondary N) is 1. The fourth-order valence-electron chi connectivity index (χ4n) is 2.25. The zero-order valence-electron chi connectivity index (χ0n) is 11.2. The second-order valence-electron chi connectivity index (χ2n) is 5.07. The summed E-state index contributed by atoms with van der Waals surface area (Å²) in [5.74, 6) is 1.85. The van der Waals surface area contributed by atoms with E-state index in [4.69, 9.17) is 4.18 Å². The topological polar surface area (TPSA) is 38.3 Å². The van der Waals surface area contributed by atoms with E-state index in [2.05, 4.69) is 12.2 Å². The van der Waals surface area contributed by atoms with Gasteiger partial charge in [0.2, 0.25) is 5.91 Å². The molecule has 0 radical (unpaired) electrons. The van der Waals surface area contributed by atoms with E-state index in [1.165, 1.54) is 31.3 Å². The van der Waals surface area contributed by atoms with Crippen molar-refractivity contribution in [1.29, 1.82) is 0 Å². The standard InChI is InChI=1S/C13H25NO2S/c1-4-11-5-7-12(8-6-11)13(15)14-9-17-16-10(2)3/h10-12H,4-9H2,1-3H3,(H,14,15). The van der Waals surface area contributed by atoms with E-state index in [1.54, 1.807) is 0 Å². The molecule has 0 atom stereocenters. The molecule has 1 amide bonds. The van der Waals surface area contributed by atoms with Crippen molar-refractivity contribution in [3.05, 3.63) is 0 Å². The van der Waals surface area contributed by atoms with Crippen LogP contribution in [0.5, 0.6) is 0 Å². The minimum absolute atomic E-state index is 0.205. The number of hydrogen-bond donors (Lipinski definition) is 1. The number of hydrogen-bond acceptors (Lipinski definition) is 3. The maximum atomic E-state index is 11.9. The normalized spacial score (nSPS) is 24.9. The van der Waals surface area contributed by atoms with Crippen LogP contribution in [0.15, 0.2) is 0 Å². The predicted octanol–water partition coefficient (Wildman–Crippen LogP) is 3.35. The van der Waals surface area contributed by atoms with E-state index >= 15 is 0 Å². The lowest BCUT2D eigenvalue weighted by molar-refractivity contribution is -0.125. The highest BCUT2D eigenvalue weighted by Crippen LogP contribution is 2.30. The highest BCUT2D eigenvalue weighted by atomic mass is 32.2. The Kier molecular flexibility index (Phi) is 6.97. The molecule has 0 aliphatic heterocycles. The van der Waals surface area contributed by atoms with Gasteiger partial charge in [-0.15, -0.1) is 0 Å². The molecular formula is C13H25NO2S. The van der Waals surface area contributed by atoms with Crippen molar-refractivity contribution in [2.75, 3.05) is 5.88 Å². The molecule has 100 valence electrons. The van der Waals surface area contributed by atoms with E-state index < -0.39 is 0 Å². The lowest BCUT2D eigenvalue weighted by Crippen LogP contribution is -2.33. The van der Waals surface area contributed by atoms with Crippen molar-refractivity contribution >= 4 is 17.9 Å². The SMILES string of the molecule is CCC1CCC(C(=O)NCSOC(C)C)CC1. The Labute approximate surface area is 109 Å². The van der Waals surface area contributed by atoms with Gasteiger partial charge in [0.25, 0.3) is 0 Å². The van der Waals surface area contributed by atoms with Gasteiger partial charge in [-0.25, -0.2) is 0 Å². The van der Waals surface area contributed by atoms with Crippen LogP contribution in [0.3, 0.4) is 0 Å². The third-order valence-electron chi connectivity index (χ3n) is 3.36. The minimum Gasteiger partial charge on any atom is -0.345 e. The summed E-state index contributed by atoms with van der Waals surface area (Å²) in [6, 6.07) is 0. The Bertz CT molecular complexity index is 225. The lowest BCUT2D eigenvalue weighted by Gasteiger charge is -2.26. The summed E-state index contributed by atoms with van der Waals surface area (Å²) in [7, 11) is 0. The van der Waals surface area contributed by atoms with Gasteiger partial charge in [-0.2, -0.15) is 0 Å². The predicted molar refractivity (Wildman–Crippen MR) is 72.6 cm³/mol. The molecule has 4 heteroatoms. The van der Waals surface area contributed by atoms with Crippen LogP contribution in [0.25, 0.3) is 0 Å². The Hall–Kier alpha value is -0.220. The molecule has 0 bridgehead atoms. The molecule has 17 heavy (non-hydrogen) atoms. The van der Waals surface area contributed by atoms with Crippen LogP contribution < -0.4 is 5.32 Å². The zero-order chi connectivity index (χ0) is 12.7. The molecule has 1 fully saturated rings. The number of rotatable bonds is 6. The first-order chi connectivity index (χ1) is 8.13. The van der Waals surface area contributed by atoms with Crippen LogP contribution in [0.2, 0.25) is 0 Å². The van der Waals surface area contributed by atoms with E-state index in [1.807, 2.05) is 13.8 Å². The third kappa shape index (κ3) is 5.77. The first kappa shape index (κ1) is 14.8. The molecule has 0 saturated heterocycles. The molecular weight excluding hydrogens is 234 g/mol. The van der Waals surface area contributed by atoms with Gasteiger partial charge in [0.1, 0.15) is 0 Å². The second-order valence-corrected chi connectivity index (χ2v) is 5.79. The number of carbonyl (C=O) groups is 1. The lowest BCUT2D eigenvalue weighted by atomic mass is 9.80. The van der Waals surface area contributed by atoms with E-state index in [-0.39, 0.29) is 17.9 Å². The maximum absolute atomic E-state index is 11.9. The first-order valence-electron chi connectivity index (χ1n) is 6.69. The van der Waals surface area contributed by atoms with Gasteiger partial charge in [-0.1, -0.05) is 13.3 Å². The molecule has 0 spiro atoms. The Morgan fingerprint density at radius 2 is 2.00 bits per heavy atom. The van der Waals surface area contributed by atoms with Crippen molar-refractivity contribution in [2.45, 2.75) is 59.0 Å². The summed E-state index contributed by atoms with van der Waals surface area (Å²) >= 11 is 1.33. The zero-order valence-corrected chi connectivity index (χ0v) is 12.0. The molecule has 1 aliphatic carbocycles. The molecule has 1 N–H and O–H groups in total. The number of carbonyl (C=O) groups excluding carboxylic acids is 1. The summed E-state index contributed by atoms with van der Waals surface area (Å²) < 4.78 is 5.32. The second kappa shape index (κ2) is 7.98. The number of amides is 1. The van der Waals surface area contributed by atoms with Crippen molar-refractivity contribution in [2.24, 2.45) is 11.8 Å². The van der Waals surface area contributed by atoms with Crippen molar-refractivity contribution in [3.8, 4) is 0 Å². The molecule has 1 rings (SSSR count). The highest BCUT2D eigenvalue weighted by Gasteiger charge is 2.25. The van der Waals surface area contributed by atoms with Crippen molar-refractivity contribution in [3.63, 3.8) is 0 Å². The summed E-state index contributed by atoms with van der Waals surface area (Å²) in [4.78, 5) is 11.9. The Morgan fingerprint density at radius 1 is 1.35 bits per heavy atom. The Balaban J connectivity index is 2.12. The summed E-state index contributed by atoms with van der Waals surface area (Å²) in [6.45, 7) is 6.21. The van der Waals surface area contributed by atoms with Crippen LogP contribution in [0.1, 0.15) is 52.9 Å². The van der Waals surface area contributed by atoms with Gasteiger partial charge in [-0.05, 0) is 45.4 Å². The fourth-order valence-corrected chi connectivity index (χ4v) is 2.79. The van der Waals surface area contributed by atoms with Crippen molar-refractivity contribution < 1.29 is 8.98 Å². The fraction of sp³-hybridized carbons (Fsp3) is 0.923. The third-order valence-corrected chi connectivity index (χ3v) is 4.14. The van der Waals surface area contributed by atoms with Gasteiger partial charge in [0.05, 0.1) is 12.0 Å². The molecule has 3 nitrogen and oxygen atoms in total. The molecule has 1 aliphatic rings. The van der Waals surface area contributed by atoms with Gasteiger partial charge >= 0.3 is 0 Å². The summed E-state index contributed by atoms with van der Waals surface area (Å²) in [5.41, 5.74) is 0. The van der Waals surface area contributed by atoms with Gasteiger partial charge in [0, 0.05) is 18.0 Å². The molecule has 1 saturated carbocycles. The van der Waals surface area contributed by atoms with Crippen LogP contribution in [-0.2, 0) is 8.98 Å². The molecule has 0 unspecified atom stereocenters. The molecule has 0 aromatic heterocycles.